The molecule has 3 heteroatoms. The number of alkyl halides is 1. The normalized spacial score (nSPS) is 17.8. The molecule has 1 aromatic rings. The van der Waals surface area contributed by atoms with Crippen LogP contribution < -0.4 is 4.90 Å². The first-order valence-electron chi connectivity index (χ1n) is 5.80. The standard InChI is InChI=1S/C13H17Br2N/c1-10-4-6-16(7-5-10)13-3-2-12(15)8-11(13)9-14/h2-3,8,10H,4-7,9H2,1H3. The zero-order valence-electron chi connectivity index (χ0n) is 9.55. The van der Waals surface area contributed by atoms with Crippen molar-refractivity contribution in [2.75, 3.05) is 18.0 Å². The van der Waals surface area contributed by atoms with Gasteiger partial charge in [-0.25, -0.2) is 0 Å². The molecule has 1 aliphatic heterocycles. The molecule has 1 heterocycles. The number of anilines is 1. The van der Waals surface area contributed by atoms with Crippen LogP contribution in [0, 0.1) is 5.92 Å². The lowest BCUT2D eigenvalue weighted by Crippen LogP contribution is -2.33. The monoisotopic (exact) mass is 345 g/mol. The summed E-state index contributed by atoms with van der Waals surface area (Å²) in [6.45, 7) is 4.75. The Balaban J connectivity index is 2.19. The van der Waals surface area contributed by atoms with Crippen LogP contribution in [0.4, 0.5) is 5.69 Å². The number of benzene rings is 1. The van der Waals surface area contributed by atoms with E-state index in [1.54, 1.807) is 0 Å². The number of hydrogen-bond donors (Lipinski definition) is 0. The van der Waals surface area contributed by atoms with Gasteiger partial charge in [0.2, 0.25) is 0 Å². The van der Waals surface area contributed by atoms with E-state index in [0.29, 0.717) is 0 Å². The molecule has 1 fully saturated rings. The van der Waals surface area contributed by atoms with Crippen molar-refractivity contribution in [3.8, 4) is 0 Å². The highest BCUT2D eigenvalue weighted by Gasteiger charge is 2.17. The number of halogens is 2. The van der Waals surface area contributed by atoms with Crippen molar-refractivity contribution in [2.45, 2.75) is 25.1 Å². The number of piperidine rings is 1. The van der Waals surface area contributed by atoms with E-state index in [9.17, 15) is 0 Å². The Morgan fingerprint density at radius 2 is 2.00 bits per heavy atom. The Kier molecular flexibility index (Phi) is 4.31. The molecule has 1 saturated heterocycles. The lowest BCUT2D eigenvalue weighted by atomic mass is 9.98. The Morgan fingerprint density at radius 3 is 2.62 bits per heavy atom. The van der Waals surface area contributed by atoms with Gasteiger partial charge in [0.05, 0.1) is 0 Å². The minimum Gasteiger partial charge on any atom is -0.371 e. The fourth-order valence-corrected chi connectivity index (χ4v) is 3.08. The predicted molar refractivity (Wildman–Crippen MR) is 77.4 cm³/mol. The van der Waals surface area contributed by atoms with E-state index in [-0.39, 0.29) is 0 Å². The predicted octanol–water partition coefficient (Wildman–Crippen LogP) is 4.58. The molecule has 2 rings (SSSR count). The van der Waals surface area contributed by atoms with E-state index < -0.39 is 0 Å². The summed E-state index contributed by atoms with van der Waals surface area (Å²) in [6.07, 6.45) is 2.63. The number of nitrogens with zero attached hydrogens (tertiary/aromatic N) is 1. The first-order valence-corrected chi connectivity index (χ1v) is 7.71. The van der Waals surface area contributed by atoms with Crippen molar-refractivity contribution < 1.29 is 0 Å². The molecular formula is C13H17Br2N. The van der Waals surface area contributed by atoms with Crippen molar-refractivity contribution in [2.24, 2.45) is 5.92 Å². The van der Waals surface area contributed by atoms with Crippen LogP contribution in [0.15, 0.2) is 22.7 Å². The van der Waals surface area contributed by atoms with Crippen molar-refractivity contribution in [1.82, 2.24) is 0 Å². The zero-order valence-corrected chi connectivity index (χ0v) is 12.7. The maximum atomic E-state index is 3.57. The molecule has 0 bridgehead atoms. The van der Waals surface area contributed by atoms with Crippen molar-refractivity contribution in [1.29, 1.82) is 0 Å². The van der Waals surface area contributed by atoms with E-state index in [0.717, 1.165) is 15.7 Å². The molecule has 1 aliphatic rings. The van der Waals surface area contributed by atoms with E-state index in [1.165, 1.54) is 37.2 Å². The summed E-state index contributed by atoms with van der Waals surface area (Å²) in [5.41, 5.74) is 2.77. The van der Waals surface area contributed by atoms with Gasteiger partial charge in [-0.2, -0.15) is 0 Å². The van der Waals surface area contributed by atoms with Gasteiger partial charge >= 0.3 is 0 Å². The first-order chi connectivity index (χ1) is 7.70. The molecule has 1 nitrogen and oxygen atoms in total. The molecule has 0 unspecified atom stereocenters. The maximum Gasteiger partial charge on any atom is 0.0408 e. The zero-order chi connectivity index (χ0) is 11.5. The first kappa shape index (κ1) is 12.4. The molecule has 0 N–H and O–H groups in total. The van der Waals surface area contributed by atoms with Gasteiger partial charge in [-0.15, -0.1) is 0 Å². The lowest BCUT2D eigenvalue weighted by molar-refractivity contribution is 0.438. The van der Waals surface area contributed by atoms with Crippen LogP contribution in [-0.4, -0.2) is 13.1 Å². The summed E-state index contributed by atoms with van der Waals surface area (Å²) in [4.78, 5) is 2.52. The van der Waals surface area contributed by atoms with E-state index in [1.807, 2.05) is 0 Å². The van der Waals surface area contributed by atoms with Gasteiger partial charge in [0.25, 0.3) is 0 Å². The van der Waals surface area contributed by atoms with Crippen LogP contribution in [0.1, 0.15) is 25.3 Å². The Labute approximate surface area is 114 Å². The minimum absolute atomic E-state index is 0.888. The maximum absolute atomic E-state index is 3.57. The molecule has 0 aromatic heterocycles. The second-order valence-corrected chi connectivity index (χ2v) is 6.05. The Bertz CT molecular complexity index is 357. The van der Waals surface area contributed by atoms with Crippen LogP contribution in [0.5, 0.6) is 0 Å². The van der Waals surface area contributed by atoms with Gasteiger partial charge in [0.1, 0.15) is 0 Å². The third-order valence-corrected chi connectivity index (χ3v) is 4.41. The highest BCUT2D eigenvalue weighted by Crippen LogP contribution is 2.29. The molecule has 0 atom stereocenters. The van der Waals surface area contributed by atoms with E-state index in [4.69, 9.17) is 0 Å². The van der Waals surface area contributed by atoms with Gasteiger partial charge in [-0.3, -0.25) is 0 Å². The molecule has 0 saturated carbocycles. The smallest absolute Gasteiger partial charge is 0.0408 e. The van der Waals surface area contributed by atoms with Gasteiger partial charge in [-0.05, 0) is 42.5 Å². The van der Waals surface area contributed by atoms with Crippen LogP contribution in [-0.2, 0) is 5.33 Å². The summed E-state index contributed by atoms with van der Waals surface area (Å²) < 4.78 is 1.16. The Hall–Kier alpha value is -0.0200. The highest BCUT2D eigenvalue weighted by atomic mass is 79.9. The van der Waals surface area contributed by atoms with Crippen molar-refractivity contribution in [3.63, 3.8) is 0 Å². The Morgan fingerprint density at radius 1 is 1.31 bits per heavy atom. The van der Waals surface area contributed by atoms with Gasteiger partial charge < -0.3 is 4.90 Å². The molecular weight excluding hydrogens is 330 g/mol. The molecule has 1 aromatic carbocycles. The van der Waals surface area contributed by atoms with Crippen molar-refractivity contribution in [3.05, 3.63) is 28.2 Å². The second-order valence-electron chi connectivity index (χ2n) is 4.58. The molecule has 0 aliphatic carbocycles. The lowest BCUT2D eigenvalue weighted by Gasteiger charge is -2.33. The molecule has 16 heavy (non-hydrogen) atoms. The van der Waals surface area contributed by atoms with Crippen LogP contribution >= 0.6 is 31.9 Å². The van der Waals surface area contributed by atoms with E-state index >= 15 is 0 Å². The van der Waals surface area contributed by atoms with Crippen LogP contribution in [0.3, 0.4) is 0 Å². The van der Waals surface area contributed by atoms with E-state index in [2.05, 4.69) is 61.9 Å². The van der Waals surface area contributed by atoms with Crippen LogP contribution in [0.25, 0.3) is 0 Å². The largest absolute Gasteiger partial charge is 0.371 e. The summed E-state index contributed by atoms with van der Waals surface area (Å²) in [6, 6.07) is 6.58. The average molecular weight is 347 g/mol. The molecule has 88 valence electrons. The molecule has 0 radical (unpaired) electrons. The number of hydrogen-bond acceptors (Lipinski definition) is 1. The summed E-state index contributed by atoms with van der Waals surface area (Å²) >= 11 is 7.10. The SMILES string of the molecule is CC1CCN(c2ccc(Br)cc2CBr)CC1. The molecule has 0 spiro atoms. The number of rotatable bonds is 2. The quantitative estimate of drug-likeness (QED) is 0.708. The topological polar surface area (TPSA) is 3.24 Å². The fourth-order valence-electron chi connectivity index (χ4n) is 2.22. The summed E-state index contributed by atoms with van der Waals surface area (Å²) in [5, 5.41) is 0.924. The van der Waals surface area contributed by atoms with Crippen molar-refractivity contribution >= 4 is 37.5 Å². The van der Waals surface area contributed by atoms with Crippen LogP contribution in [0.2, 0.25) is 0 Å². The fraction of sp³-hybridized carbons (Fsp3) is 0.538. The summed E-state index contributed by atoms with van der Waals surface area (Å²) in [5.74, 6) is 0.888. The third kappa shape index (κ3) is 2.80. The average Bonchev–Trinajstić information content (AvgIpc) is 2.30. The highest BCUT2D eigenvalue weighted by molar-refractivity contribution is 9.10. The minimum atomic E-state index is 0.888. The molecule has 0 amide bonds. The third-order valence-electron chi connectivity index (χ3n) is 3.31. The second kappa shape index (κ2) is 5.54. The summed E-state index contributed by atoms with van der Waals surface area (Å²) in [7, 11) is 0. The van der Waals surface area contributed by atoms with Gasteiger partial charge in [0, 0.05) is 28.6 Å². The van der Waals surface area contributed by atoms with Gasteiger partial charge in [-0.1, -0.05) is 38.8 Å². The van der Waals surface area contributed by atoms with Gasteiger partial charge in [0.15, 0.2) is 0 Å².